The number of allylic oxidation sites excluding steroid dienone is 2. The van der Waals surface area contributed by atoms with Crippen LogP contribution in [-0.4, -0.2) is 22.7 Å². The van der Waals surface area contributed by atoms with E-state index in [1.54, 1.807) is 0 Å². The van der Waals surface area contributed by atoms with Crippen LogP contribution in [0.3, 0.4) is 0 Å². The van der Waals surface area contributed by atoms with Gasteiger partial charge in [-0.15, -0.1) is 0 Å². The molecule has 1 aromatic heterocycles. The standard InChI is InChI=1S/C53H43N5/c1-53(2,3)42-24-21-34(22-25-42)39-30-40(32-41(31-39)52-57-50(35-13-6-4-7-14-35)56-51(58-52)36-15-8-5-9-16-36)37-23-26-43-38(29-37)17-12-19-46(43)49-47-33-54-28-27-44(47)45-18-10-11-20-48(45)55-49/h4-33,48,52,55H,1-3H3,(H,56,57,58). The van der Waals surface area contributed by atoms with Crippen LogP contribution in [-0.2, 0) is 5.41 Å². The zero-order chi connectivity index (χ0) is 39.2. The highest BCUT2D eigenvalue weighted by molar-refractivity contribution is 6.13. The van der Waals surface area contributed by atoms with E-state index < -0.39 is 0 Å². The molecule has 1 aliphatic carbocycles. The molecule has 6 aromatic carbocycles. The molecule has 280 valence electrons. The lowest BCUT2D eigenvalue weighted by Crippen LogP contribution is -2.45. The Kier molecular flexibility index (Phi) is 8.79. The van der Waals surface area contributed by atoms with Gasteiger partial charge in [0.1, 0.15) is 12.0 Å². The average Bonchev–Trinajstić information content (AvgIpc) is 3.28. The first-order valence-corrected chi connectivity index (χ1v) is 20.0. The molecule has 0 spiro atoms. The fourth-order valence-electron chi connectivity index (χ4n) is 8.29. The van der Waals surface area contributed by atoms with Gasteiger partial charge in [-0.3, -0.25) is 4.98 Å². The molecule has 0 radical (unpaired) electrons. The SMILES string of the molecule is CC(C)(C)c1ccc(-c2cc(-c3ccc4c(C5=c6cnccc6=C6C=CC=CC6N5)cccc4c3)cc(C3N=C(c4ccccc4)N=C(c4ccccc4)N3)c2)cc1. The molecule has 0 saturated heterocycles. The van der Waals surface area contributed by atoms with Crippen LogP contribution in [0.4, 0.5) is 0 Å². The Labute approximate surface area is 339 Å². The number of hydrogen-bond donors (Lipinski definition) is 2. The molecule has 2 N–H and O–H groups in total. The number of rotatable bonds is 6. The van der Waals surface area contributed by atoms with Crippen molar-refractivity contribution < 1.29 is 0 Å². The van der Waals surface area contributed by atoms with Gasteiger partial charge in [-0.2, -0.15) is 0 Å². The summed E-state index contributed by atoms with van der Waals surface area (Å²) < 4.78 is 0. The van der Waals surface area contributed by atoms with Crippen molar-refractivity contribution in [3.05, 3.63) is 221 Å². The maximum absolute atomic E-state index is 5.27. The van der Waals surface area contributed by atoms with Crippen molar-refractivity contribution in [3.8, 4) is 22.3 Å². The summed E-state index contributed by atoms with van der Waals surface area (Å²) >= 11 is 0. The van der Waals surface area contributed by atoms with Crippen molar-refractivity contribution in [1.29, 1.82) is 0 Å². The first-order valence-electron chi connectivity index (χ1n) is 20.0. The van der Waals surface area contributed by atoms with Gasteiger partial charge < -0.3 is 10.6 Å². The van der Waals surface area contributed by atoms with E-state index in [9.17, 15) is 0 Å². The number of aliphatic imine (C=N–C) groups is 2. The molecule has 0 amide bonds. The van der Waals surface area contributed by atoms with Gasteiger partial charge in [0.2, 0.25) is 0 Å². The summed E-state index contributed by atoms with van der Waals surface area (Å²) in [6, 6.07) is 52.2. The number of nitrogens with one attached hydrogen (secondary N) is 2. The van der Waals surface area contributed by atoms with Crippen molar-refractivity contribution >= 4 is 33.7 Å². The van der Waals surface area contributed by atoms with Gasteiger partial charge >= 0.3 is 0 Å². The molecule has 3 aliphatic rings. The van der Waals surface area contributed by atoms with E-state index in [0.717, 1.165) is 61.3 Å². The van der Waals surface area contributed by atoms with E-state index in [1.807, 2.05) is 48.8 Å². The van der Waals surface area contributed by atoms with E-state index >= 15 is 0 Å². The molecule has 2 atom stereocenters. The van der Waals surface area contributed by atoms with Crippen molar-refractivity contribution in [2.75, 3.05) is 0 Å². The maximum Gasteiger partial charge on any atom is 0.159 e. The highest BCUT2D eigenvalue weighted by Crippen LogP contribution is 2.36. The molecule has 5 heteroatoms. The van der Waals surface area contributed by atoms with E-state index in [2.05, 4.69) is 170 Å². The number of hydrogen-bond acceptors (Lipinski definition) is 5. The third-order valence-electron chi connectivity index (χ3n) is 11.4. The Bertz CT molecular complexity index is 2970. The van der Waals surface area contributed by atoms with Crippen molar-refractivity contribution in [2.45, 2.75) is 38.4 Å². The number of nitrogens with zero attached hydrogens (tertiary/aromatic N) is 3. The average molecular weight is 750 g/mol. The van der Waals surface area contributed by atoms with E-state index in [-0.39, 0.29) is 17.6 Å². The lowest BCUT2D eigenvalue weighted by atomic mass is 9.86. The topological polar surface area (TPSA) is 61.7 Å². The molecule has 2 aliphatic heterocycles. The summed E-state index contributed by atoms with van der Waals surface area (Å²) in [5, 5.41) is 12.3. The van der Waals surface area contributed by atoms with Gasteiger partial charge in [-0.05, 0) is 90.7 Å². The Morgan fingerprint density at radius 2 is 1.33 bits per heavy atom. The third kappa shape index (κ3) is 6.65. The van der Waals surface area contributed by atoms with Gasteiger partial charge in [-0.25, -0.2) is 9.98 Å². The van der Waals surface area contributed by atoms with Gasteiger partial charge in [0.05, 0.1) is 11.7 Å². The van der Waals surface area contributed by atoms with Crippen molar-refractivity contribution in [1.82, 2.24) is 15.6 Å². The fourth-order valence-corrected chi connectivity index (χ4v) is 8.29. The molecule has 58 heavy (non-hydrogen) atoms. The lowest BCUT2D eigenvalue weighted by molar-refractivity contribution is 0.590. The zero-order valence-electron chi connectivity index (χ0n) is 32.8. The Morgan fingerprint density at radius 1 is 0.586 bits per heavy atom. The summed E-state index contributed by atoms with van der Waals surface area (Å²) in [7, 11) is 0. The van der Waals surface area contributed by atoms with Gasteiger partial charge in [0, 0.05) is 34.3 Å². The molecule has 2 unspecified atom stereocenters. The molecule has 7 aromatic rings. The molecular formula is C53H43N5. The normalized spacial score (nSPS) is 17.2. The maximum atomic E-state index is 5.27. The molecule has 5 nitrogen and oxygen atoms in total. The summed E-state index contributed by atoms with van der Waals surface area (Å²) in [4.78, 5) is 14.9. The summed E-state index contributed by atoms with van der Waals surface area (Å²) in [6.07, 6.45) is 12.2. The summed E-state index contributed by atoms with van der Waals surface area (Å²) in [6.45, 7) is 6.77. The molecule has 0 fully saturated rings. The van der Waals surface area contributed by atoms with Crippen LogP contribution in [0.5, 0.6) is 0 Å². The Morgan fingerprint density at radius 3 is 2.10 bits per heavy atom. The molecule has 3 heterocycles. The monoisotopic (exact) mass is 749 g/mol. The second kappa shape index (κ2) is 14.4. The van der Waals surface area contributed by atoms with E-state index in [0.29, 0.717) is 5.84 Å². The van der Waals surface area contributed by atoms with Crippen LogP contribution >= 0.6 is 0 Å². The Balaban J connectivity index is 1.12. The first kappa shape index (κ1) is 35.3. The van der Waals surface area contributed by atoms with Crippen molar-refractivity contribution in [3.63, 3.8) is 0 Å². The van der Waals surface area contributed by atoms with Crippen LogP contribution in [0.2, 0.25) is 0 Å². The number of fused-ring (bicyclic) bond motifs is 3. The van der Waals surface area contributed by atoms with Crippen LogP contribution in [0.1, 0.15) is 54.8 Å². The molecule has 0 saturated carbocycles. The van der Waals surface area contributed by atoms with Crippen LogP contribution in [0.15, 0.2) is 192 Å². The van der Waals surface area contributed by atoms with Gasteiger partial charge in [-0.1, -0.05) is 160 Å². The third-order valence-corrected chi connectivity index (χ3v) is 11.4. The number of benzene rings is 6. The molecule has 0 bridgehead atoms. The fraction of sp³-hybridized carbons (Fsp3) is 0.113. The lowest BCUT2D eigenvalue weighted by Gasteiger charge is -2.27. The predicted molar refractivity (Wildman–Crippen MR) is 240 cm³/mol. The minimum atomic E-state index is -0.365. The largest absolute Gasteiger partial charge is 0.374 e. The van der Waals surface area contributed by atoms with Crippen LogP contribution in [0, 0.1) is 0 Å². The van der Waals surface area contributed by atoms with Gasteiger partial charge in [0.15, 0.2) is 5.84 Å². The zero-order valence-corrected chi connectivity index (χ0v) is 32.8. The minimum absolute atomic E-state index is 0.0615. The first-order chi connectivity index (χ1) is 28.4. The number of amidine groups is 2. The predicted octanol–water partition coefficient (Wildman–Crippen LogP) is 9.77. The highest BCUT2D eigenvalue weighted by Gasteiger charge is 2.24. The second-order valence-corrected chi connectivity index (χ2v) is 16.2. The van der Waals surface area contributed by atoms with E-state index in [4.69, 9.17) is 9.98 Å². The molecule has 10 rings (SSSR count). The Hall–Kier alpha value is -7.11. The smallest absolute Gasteiger partial charge is 0.159 e. The van der Waals surface area contributed by atoms with E-state index in [1.165, 1.54) is 27.1 Å². The summed E-state index contributed by atoms with van der Waals surface area (Å²) in [5.41, 5.74) is 12.5. The second-order valence-electron chi connectivity index (χ2n) is 16.2. The summed E-state index contributed by atoms with van der Waals surface area (Å²) in [5.74, 6) is 1.51. The van der Waals surface area contributed by atoms with Crippen molar-refractivity contribution in [2.24, 2.45) is 9.98 Å². The van der Waals surface area contributed by atoms with Crippen LogP contribution in [0.25, 0.3) is 44.3 Å². The number of aromatic nitrogens is 1. The van der Waals surface area contributed by atoms with Gasteiger partial charge in [0.25, 0.3) is 0 Å². The number of pyridine rings is 1. The quantitative estimate of drug-likeness (QED) is 0.178. The highest BCUT2D eigenvalue weighted by atomic mass is 15.2. The minimum Gasteiger partial charge on any atom is -0.374 e. The molecular weight excluding hydrogens is 707 g/mol. The van der Waals surface area contributed by atoms with Crippen LogP contribution < -0.4 is 21.1 Å².